The Labute approximate surface area is 158 Å². The van der Waals surface area contributed by atoms with E-state index in [0.717, 1.165) is 36.4 Å². The van der Waals surface area contributed by atoms with E-state index in [1.54, 1.807) is 0 Å². The molecule has 0 radical (unpaired) electrons. The molecule has 1 unspecified atom stereocenters. The van der Waals surface area contributed by atoms with Crippen LogP contribution in [0.2, 0.25) is 0 Å². The smallest absolute Gasteiger partial charge is 0.227 e. The van der Waals surface area contributed by atoms with Gasteiger partial charge in [0.1, 0.15) is 13.2 Å². The monoisotopic (exact) mass is 371 g/mol. The van der Waals surface area contributed by atoms with Gasteiger partial charge >= 0.3 is 0 Å². The maximum absolute atomic E-state index is 12.8. The topological polar surface area (TPSA) is 77.7 Å². The van der Waals surface area contributed by atoms with Crippen molar-refractivity contribution < 1.29 is 18.8 Å². The van der Waals surface area contributed by atoms with Crippen molar-refractivity contribution in [3.63, 3.8) is 0 Å². The molecule has 1 amide bonds. The highest BCUT2D eigenvalue weighted by Gasteiger charge is 2.30. The van der Waals surface area contributed by atoms with Crippen molar-refractivity contribution in [2.75, 3.05) is 19.8 Å². The molecule has 1 fully saturated rings. The van der Waals surface area contributed by atoms with Crippen LogP contribution >= 0.6 is 0 Å². The number of benzene rings is 1. The number of hydrogen-bond donors (Lipinski definition) is 0. The molecule has 0 bridgehead atoms. The molecule has 0 saturated carbocycles. The van der Waals surface area contributed by atoms with E-state index < -0.39 is 0 Å². The zero-order chi connectivity index (χ0) is 18.8. The Hall–Kier alpha value is -2.57. The maximum Gasteiger partial charge on any atom is 0.227 e. The lowest BCUT2D eigenvalue weighted by atomic mass is 10.0. The van der Waals surface area contributed by atoms with E-state index in [4.69, 9.17) is 14.0 Å². The number of hydrogen-bond acceptors (Lipinski definition) is 6. The van der Waals surface area contributed by atoms with Gasteiger partial charge in [0, 0.05) is 25.3 Å². The Bertz CT molecular complexity index is 817. The molecule has 1 saturated heterocycles. The van der Waals surface area contributed by atoms with Crippen LogP contribution in [0.25, 0.3) is 0 Å². The third-order valence-electron chi connectivity index (χ3n) is 5.08. The van der Waals surface area contributed by atoms with Crippen LogP contribution in [0.5, 0.6) is 11.5 Å². The molecular formula is C20H25N3O4. The molecule has 2 aromatic rings. The van der Waals surface area contributed by atoms with Crippen molar-refractivity contribution in [1.29, 1.82) is 0 Å². The average Bonchev–Trinajstić information content (AvgIpc) is 3.35. The Morgan fingerprint density at radius 1 is 1.26 bits per heavy atom. The summed E-state index contributed by atoms with van der Waals surface area (Å²) in [6.07, 6.45) is 2.82. The summed E-state index contributed by atoms with van der Waals surface area (Å²) < 4.78 is 16.5. The first-order valence-electron chi connectivity index (χ1n) is 9.63. The normalized spacial score (nSPS) is 18.9. The summed E-state index contributed by atoms with van der Waals surface area (Å²) in [6, 6.07) is 6.08. The number of carbonyl (C=O) groups excluding carboxylic acids is 1. The SMILES string of the molecule is CC(C)c1noc(CCC(=O)N2CCCC2c2ccc3c(c2)OCCO3)n1. The highest BCUT2D eigenvalue weighted by atomic mass is 16.6. The Morgan fingerprint density at radius 2 is 2.07 bits per heavy atom. The number of ether oxygens (including phenoxy) is 2. The molecule has 1 aromatic carbocycles. The molecule has 1 aromatic heterocycles. The van der Waals surface area contributed by atoms with Crippen molar-refractivity contribution in [3.05, 3.63) is 35.5 Å². The molecular weight excluding hydrogens is 346 g/mol. The minimum absolute atomic E-state index is 0.0854. The van der Waals surface area contributed by atoms with Crippen LogP contribution in [0, 0.1) is 0 Å². The minimum Gasteiger partial charge on any atom is -0.486 e. The number of aromatic nitrogens is 2. The largest absolute Gasteiger partial charge is 0.486 e. The Balaban J connectivity index is 1.42. The van der Waals surface area contributed by atoms with E-state index >= 15 is 0 Å². The van der Waals surface area contributed by atoms with Crippen LogP contribution in [-0.4, -0.2) is 40.7 Å². The highest BCUT2D eigenvalue weighted by Crippen LogP contribution is 2.38. The van der Waals surface area contributed by atoms with Crippen LogP contribution in [-0.2, 0) is 11.2 Å². The van der Waals surface area contributed by atoms with Crippen LogP contribution in [0.1, 0.15) is 62.3 Å². The molecule has 2 aliphatic heterocycles. The van der Waals surface area contributed by atoms with Gasteiger partial charge in [0.2, 0.25) is 11.8 Å². The summed E-state index contributed by atoms with van der Waals surface area (Å²) in [5.74, 6) is 3.10. The fourth-order valence-corrected chi connectivity index (χ4v) is 3.64. The first-order chi connectivity index (χ1) is 13.1. The van der Waals surface area contributed by atoms with Crippen LogP contribution in [0.15, 0.2) is 22.7 Å². The molecule has 2 aliphatic rings. The molecule has 0 spiro atoms. The second-order valence-corrected chi connectivity index (χ2v) is 7.35. The van der Waals surface area contributed by atoms with Gasteiger partial charge in [-0.05, 0) is 30.5 Å². The Morgan fingerprint density at radius 3 is 2.85 bits per heavy atom. The van der Waals surface area contributed by atoms with Gasteiger partial charge in [0.05, 0.1) is 6.04 Å². The number of fused-ring (bicyclic) bond motifs is 1. The van der Waals surface area contributed by atoms with Crippen LogP contribution in [0.3, 0.4) is 0 Å². The van der Waals surface area contributed by atoms with Gasteiger partial charge in [-0.1, -0.05) is 25.1 Å². The van der Waals surface area contributed by atoms with E-state index in [0.29, 0.717) is 37.8 Å². The Kier molecular flexibility index (Phi) is 5.01. The summed E-state index contributed by atoms with van der Waals surface area (Å²) in [7, 11) is 0. The first kappa shape index (κ1) is 17.8. The quantitative estimate of drug-likeness (QED) is 0.803. The summed E-state index contributed by atoms with van der Waals surface area (Å²) in [5, 5.41) is 3.96. The lowest BCUT2D eigenvalue weighted by molar-refractivity contribution is -0.132. The van der Waals surface area contributed by atoms with Crippen molar-refractivity contribution in [1.82, 2.24) is 15.0 Å². The molecule has 0 aliphatic carbocycles. The number of amides is 1. The van der Waals surface area contributed by atoms with E-state index in [9.17, 15) is 4.79 Å². The van der Waals surface area contributed by atoms with Gasteiger partial charge < -0.3 is 18.9 Å². The standard InChI is InChI=1S/C20H25N3O4/c1-13(2)20-21-18(27-22-20)7-8-19(24)23-9-3-4-15(23)14-5-6-16-17(12-14)26-11-10-25-16/h5-6,12-13,15H,3-4,7-11H2,1-2H3. The number of nitrogens with zero attached hydrogens (tertiary/aromatic N) is 3. The molecule has 1 atom stereocenters. The third kappa shape index (κ3) is 3.77. The predicted molar refractivity (Wildman–Crippen MR) is 97.8 cm³/mol. The molecule has 0 N–H and O–H groups in total. The summed E-state index contributed by atoms with van der Waals surface area (Å²) in [5.41, 5.74) is 1.10. The predicted octanol–water partition coefficient (Wildman–Crippen LogP) is 3.26. The van der Waals surface area contributed by atoms with Crippen LogP contribution in [0.4, 0.5) is 0 Å². The van der Waals surface area contributed by atoms with Crippen molar-refractivity contribution >= 4 is 5.91 Å². The number of aryl methyl sites for hydroxylation is 1. The summed E-state index contributed by atoms with van der Waals surface area (Å²) >= 11 is 0. The summed E-state index contributed by atoms with van der Waals surface area (Å²) in [6.45, 7) is 5.95. The number of rotatable bonds is 5. The van der Waals surface area contributed by atoms with Gasteiger partial charge in [0.25, 0.3) is 0 Å². The van der Waals surface area contributed by atoms with E-state index in [-0.39, 0.29) is 17.9 Å². The lowest BCUT2D eigenvalue weighted by Crippen LogP contribution is -2.30. The summed E-state index contributed by atoms with van der Waals surface area (Å²) in [4.78, 5) is 19.1. The van der Waals surface area contributed by atoms with Crippen molar-refractivity contribution in [2.24, 2.45) is 0 Å². The van der Waals surface area contributed by atoms with Gasteiger partial charge in [-0.15, -0.1) is 0 Å². The zero-order valence-electron chi connectivity index (χ0n) is 15.8. The second-order valence-electron chi connectivity index (χ2n) is 7.35. The zero-order valence-corrected chi connectivity index (χ0v) is 15.8. The maximum atomic E-state index is 12.8. The average molecular weight is 371 g/mol. The number of likely N-dealkylation sites (tertiary alicyclic amines) is 1. The van der Waals surface area contributed by atoms with Gasteiger partial charge in [0.15, 0.2) is 17.3 Å². The highest BCUT2D eigenvalue weighted by molar-refractivity contribution is 5.77. The van der Waals surface area contributed by atoms with Crippen LogP contribution < -0.4 is 9.47 Å². The fourth-order valence-electron chi connectivity index (χ4n) is 3.64. The molecule has 7 heteroatoms. The van der Waals surface area contributed by atoms with Gasteiger partial charge in [-0.3, -0.25) is 4.79 Å². The van der Waals surface area contributed by atoms with E-state index in [1.807, 2.05) is 36.9 Å². The number of carbonyl (C=O) groups is 1. The third-order valence-corrected chi connectivity index (χ3v) is 5.08. The molecule has 27 heavy (non-hydrogen) atoms. The van der Waals surface area contributed by atoms with Crippen molar-refractivity contribution in [3.8, 4) is 11.5 Å². The lowest BCUT2D eigenvalue weighted by Gasteiger charge is -2.26. The minimum atomic E-state index is 0.0854. The molecule has 7 nitrogen and oxygen atoms in total. The van der Waals surface area contributed by atoms with E-state index in [2.05, 4.69) is 10.1 Å². The van der Waals surface area contributed by atoms with Gasteiger partial charge in [-0.25, -0.2) is 0 Å². The molecule has 3 heterocycles. The molecule has 144 valence electrons. The second kappa shape index (κ2) is 7.58. The van der Waals surface area contributed by atoms with E-state index in [1.165, 1.54) is 0 Å². The van der Waals surface area contributed by atoms with Gasteiger partial charge in [-0.2, -0.15) is 4.98 Å². The molecule has 4 rings (SSSR count). The van der Waals surface area contributed by atoms with Crippen molar-refractivity contribution in [2.45, 2.75) is 51.5 Å². The fraction of sp³-hybridized carbons (Fsp3) is 0.550. The first-order valence-corrected chi connectivity index (χ1v) is 9.63.